The normalized spacial score (nSPS) is 12.5. The summed E-state index contributed by atoms with van der Waals surface area (Å²) < 4.78 is 5.27. The molecule has 3 heteroatoms. The highest BCUT2D eigenvalue weighted by molar-refractivity contribution is 5.37. The monoisotopic (exact) mass is 223 g/mol. The van der Waals surface area contributed by atoms with E-state index in [4.69, 9.17) is 9.84 Å². The molecule has 0 aliphatic carbocycles. The van der Waals surface area contributed by atoms with E-state index in [1.807, 2.05) is 12.1 Å². The molecule has 90 valence electrons. The van der Waals surface area contributed by atoms with Crippen molar-refractivity contribution in [2.45, 2.75) is 32.9 Å². The van der Waals surface area contributed by atoms with Crippen molar-refractivity contribution in [2.24, 2.45) is 0 Å². The third-order valence-corrected chi connectivity index (χ3v) is 2.49. The van der Waals surface area contributed by atoms with Crippen LogP contribution in [0.25, 0.3) is 0 Å². The van der Waals surface area contributed by atoms with Crippen LogP contribution in [0.2, 0.25) is 0 Å². The van der Waals surface area contributed by atoms with Crippen LogP contribution in [-0.4, -0.2) is 24.9 Å². The highest BCUT2D eigenvalue weighted by atomic mass is 16.5. The van der Waals surface area contributed by atoms with Crippen LogP contribution in [0.3, 0.4) is 0 Å². The third-order valence-electron chi connectivity index (χ3n) is 2.49. The van der Waals surface area contributed by atoms with Crippen LogP contribution < -0.4 is 10.1 Å². The number of hydrogen-bond donors (Lipinski definition) is 2. The molecule has 3 nitrogen and oxygen atoms in total. The molecule has 0 radical (unpaired) electrons. The van der Waals surface area contributed by atoms with E-state index in [0.717, 1.165) is 18.7 Å². The number of ether oxygens (including phenoxy) is 1. The Hall–Kier alpha value is -1.06. The van der Waals surface area contributed by atoms with E-state index in [1.165, 1.54) is 11.1 Å². The number of rotatable bonds is 6. The van der Waals surface area contributed by atoms with Gasteiger partial charge in [-0.3, -0.25) is 0 Å². The zero-order chi connectivity index (χ0) is 12.0. The Kier molecular flexibility index (Phi) is 5.29. The minimum atomic E-state index is -0.302. The number of hydrogen-bond acceptors (Lipinski definition) is 3. The van der Waals surface area contributed by atoms with Gasteiger partial charge in [-0.15, -0.1) is 0 Å². The Balaban J connectivity index is 2.60. The van der Waals surface area contributed by atoms with Gasteiger partial charge in [0, 0.05) is 13.1 Å². The van der Waals surface area contributed by atoms with Gasteiger partial charge >= 0.3 is 0 Å². The van der Waals surface area contributed by atoms with Crippen molar-refractivity contribution in [1.82, 2.24) is 5.32 Å². The number of aliphatic hydroxyl groups excluding tert-OH is 1. The van der Waals surface area contributed by atoms with Gasteiger partial charge in [-0.1, -0.05) is 19.1 Å². The second kappa shape index (κ2) is 6.51. The molecule has 0 spiro atoms. The van der Waals surface area contributed by atoms with Crippen LogP contribution in [0.4, 0.5) is 0 Å². The first-order valence-corrected chi connectivity index (χ1v) is 5.72. The summed E-state index contributed by atoms with van der Waals surface area (Å²) in [7, 11) is 1.69. The summed E-state index contributed by atoms with van der Waals surface area (Å²) in [6, 6.07) is 6.19. The molecule has 0 saturated heterocycles. The summed E-state index contributed by atoms with van der Waals surface area (Å²) in [5, 5.41) is 12.3. The lowest BCUT2D eigenvalue weighted by atomic mass is 10.1. The maximum absolute atomic E-state index is 9.13. The first-order valence-electron chi connectivity index (χ1n) is 5.72. The number of aliphatic hydroxyl groups is 1. The first kappa shape index (κ1) is 13.0. The molecule has 0 fully saturated rings. The molecule has 0 saturated carbocycles. The quantitative estimate of drug-likeness (QED) is 0.771. The van der Waals surface area contributed by atoms with E-state index < -0.39 is 0 Å². The molecule has 1 atom stereocenters. The van der Waals surface area contributed by atoms with Gasteiger partial charge in [-0.2, -0.15) is 0 Å². The van der Waals surface area contributed by atoms with Gasteiger partial charge in [0.05, 0.1) is 13.2 Å². The average molecular weight is 223 g/mol. The van der Waals surface area contributed by atoms with E-state index in [1.54, 1.807) is 14.0 Å². The predicted octanol–water partition coefficient (Wildman–Crippen LogP) is 1.73. The molecule has 2 N–H and O–H groups in total. The van der Waals surface area contributed by atoms with Crippen molar-refractivity contribution in [3.05, 3.63) is 29.3 Å². The van der Waals surface area contributed by atoms with Crippen molar-refractivity contribution in [1.29, 1.82) is 0 Å². The molecule has 0 heterocycles. The van der Waals surface area contributed by atoms with Crippen molar-refractivity contribution >= 4 is 0 Å². The predicted molar refractivity (Wildman–Crippen MR) is 65.8 cm³/mol. The zero-order valence-electron chi connectivity index (χ0n) is 10.3. The van der Waals surface area contributed by atoms with Crippen LogP contribution in [0.1, 0.15) is 25.0 Å². The molecule has 0 amide bonds. The Labute approximate surface area is 97.4 Å². The second-order valence-electron chi connectivity index (χ2n) is 3.98. The molecule has 1 aromatic rings. The molecule has 1 rings (SSSR count). The van der Waals surface area contributed by atoms with Crippen molar-refractivity contribution < 1.29 is 9.84 Å². The SMILES string of the molecule is CCc1cc(CNCC(C)O)ccc1OC. The van der Waals surface area contributed by atoms with Gasteiger partial charge in [-0.05, 0) is 30.5 Å². The lowest BCUT2D eigenvalue weighted by Crippen LogP contribution is -2.23. The maximum atomic E-state index is 9.13. The fourth-order valence-corrected chi connectivity index (χ4v) is 1.64. The minimum absolute atomic E-state index is 0.302. The molecule has 0 bridgehead atoms. The third kappa shape index (κ3) is 3.83. The Morgan fingerprint density at radius 2 is 2.19 bits per heavy atom. The minimum Gasteiger partial charge on any atom is -0.496 e. The highest BCUT2D eigenvalue weighted by Gasteiger charge is 2.02. The van der Waals surface area contributed by atoms with Gasteiger partial charge < -0.3 is 15.2 Å². The molecule has 1 unspecified atom stereocenters. The summed E-state index contributed by atoms with van der Waals surface area (Å²) in [5.74, 6) is 0.946. The van der Waals surface area contributed by atoms with E-state index in [-0.39, 0.29) is 6.10 Å². The first-order chi connectivity index (χ1) is 7.67. The van der Waals surface area contributed by atoms with Crippen molar-refractivity contribution in [3.63, 3.8) is 0 Å². The van der Waals surface area contributed by atoms with E-state index in [9.17, 15) is 0 Å². The van der Waals surface area contributed by atoms with Crippen molar-refractivity contribution in [2.75, 3.05) is 13.7 Å². The molecular weight excluding hydrogens is 202 g/mol. The standard InChI is InChI=1S/C13H21NO2/c1-4-12-7-11(5-6-13(12)16-3)9-14-8-10(2)15/h5-7,10,14-15H,4,8-9H2,1-3H3. The van der Waals surface area contributed by atoms with E-state index in [2.05, 4.69) is 18.3 Å². The van der Waals surface area contributed by atoms with E-state index in [0.29, 0.717) is 6.54 Å². The summed E-state index contributed by atoms with van der Waals surface area (Å²) in [5.41, 5.74) is 2.44. The molecule has 16 heavy (non-hydrogen) atoms. The number of nitrogens with one attached hydrogen (secondary N) is 1. The fourth-order valence-electron chi connectivity index (χ4n) is 1.64. The number of benzene rings is 1. The highest BCUT2D eigenvalue weighted by Crippen LogP contribution is 2.20. The van der Waals surface area contributed by atoms with Gasteiger partial charge in [0.15, 0.2) is 0 Å². The molecule has 0 aromatic heterocycles. The average Bonchev–Trinajstić information content (AvgIpc) is 2.28. The number of aryl methyl sites for hydroxylation is 1. The number of methoxy groups -OCH3 is 1. The van der Waals surface area contributed by atoms with Crippen LogP contribution in [-0.2, 0) is 13.0 Å². The second-order valence-corrected chi connectivity index (χ2v) is 3.98. The van der Waals surface area contributed by atoms with Crippen LogP contribution in [0.15, 0.2) is 18.2 Å². The Morgan fingerprint density at radius 3 is 2.75 bits per heavy atom. The van der Waals surface area contributed by atoms with Crippen LogP contribution >= 0.6 is 0 Å². The summed E-state index contributed by atoms with van der Waals surface area (Å²) >= 11 is 0. The summed E-state index contributed by atoms with van der Waals surface area (Å²) in [4.78, 5) is 0. The smallest absolute Gasteiger partial charge is 0.122 e. The lowest BCUT2D eigenvalue weighted by Gasteiger charge is -2.10. The topological polar surface area (TPSA) is 41.5 Å². The van der Waals surface area contributed by atoms with Gasteiger partial charge in [0.1, 0.15) is 5.75 Å². The largest absolute Gasteiger partial charge is 0.496 e. The molecule has 1 aromatic carbocycles. The summed E-state index contributed by atoms with van der Waals surface area (Å²) in [6.45, 7) is 5.29. The Morgan fingerprint density at radius 1 is 1.44 bits per heavy atom. The van der Waals surface area contributed by atoms with E-state index >= 15 is 0 Å². The fraction of sp³-hybridized carbons (Fsp3) is 0.538. The lowest BCUT2D eigenvalue weighted by molar-refractivity contribution is 0.191. The van der Waals surface area contributed by atoms with Gasteiger partial charge in [0.25, 0.3) is 0 Å². The summed E-state index contributed by atoms with van der Waals surface area (Å²) in [6.07, 6.45) is 0.664. The Bertz CT molecular complexity index is 324. The molecule has 0 aliphatic heterocycles. The molecular formula is C13H21NO2. The molecule has 0 aliphatic rings. The van der Waals surface area contributed by atoms with Crippen LogP contribution in [0.5, 0.6) is 5.75 Å². The van der Waals surface area contributed by atoms with Gasteiger partial charge in [0.2, 0.25) is 0 Å². The van der Waals surface area contributed by atoms with Crippen molar-refractivity contribution in [3.8, 4) is 5.75 Å². The van der Waals surface area contributed by atoms with Gasteiger partial charge in [-0.25, -0.2) is 0 Å². The maximum Gasteiger partial charge on any atom is 0.122 e. The zero-order valence-corrected chi connectivity index (χ0v) is 10.3. The van der Waals surface area contributed by atoms with Crippen LogP contribution in [0, 0.1) is 0 Å².